The first-order valence-electron chi connectivity index (χ1n) is 13.3. The molecule has 8 heteroatoms. The topological polar surface area (TPSA) is 94.6 Å². The average Bonchev–Trinajstić information content (AvgIpc) is 3.55. The lowest BCUT2D eigenvalue weighted by Crippen LogP contribution is -2.54. The number of phenolic OH excluding ortho intramolecular Hbond substituents is 1. The summed E-state index contributed by atoms with van der Waals surface area (Å²) in [6, 6.07) is 14.9. The number of aromatic hydroxyl groups is 1. The SMILES string of the molecule is Nc1nnc(-c2ccccc2O)cc1N1CC2CCC(C1)N2c1ccnc(C#CCN2CC3CC2C3)c1. The first-order valence-corrected chi connectivity index (χ1v) is 13.3. The van der Waals surface area contributed by atoms with Gasteiger partial charge in [0.25, 0.3) is 0 Å². The van der Waals surface area contributed by atoms with Crippen molar-refractivity contribution in [2.75, 3.05) is 41.7 Å². The molecule has 8 nitrogen and oxygen atoms in total. The molecule has 4 saturated heterocycles. The summed E-state index contributed by atoms with van der Waals surface area (Å²) in [6.45, 7) is 3.77. The highest BCUT2D eigenvalue weighted by molar-refractivity contribution is 5.74. The number of hydrogen-bond donors (Lipinski definition) is 2. The highest BCUT2D eigenvalue weighted by Crippen LogP contribution is 2.40. The molecule has 188 valence electrons. The van der Waals surface area contributed by atoms with E-state index in [0.29, 0.717) is 29.2 Å². The van der Waals surface area contributed by atoms with Crippen molar-refractivity contribution in [2.24, 2.45) is 5.92 Å². The minimum absolute atomic E-state index is 0.186. The monoisotopic (exact) mass is 493 g/mol. The quantitative estimate of drug-likeness (QED) is 0.536. The van der Waals surface area contributed by atoms with Crippen molar-refractivity contribution >= 4 is 17.2 Å². The van der Waals surface area contributed by atoms with Crippen LogP contribution in [0.3, 0.4) is 0 Å². The number of pyridine rings is 1. The number of benzene rings is 1. The summed E-state index contributed by atoms with van der Waals surface area (Å²) >= 11 is 0. The molecule has 2 atom stereocenters. The Hall–Kier alpha value is -3.83. The molecule has 3 N–H and O–H groups in total. The van der Waals surface area contributed by atoms with Crippen LogP contribution in [-0.2, 0) is 0 Å². The lowest BCUT2D eigenvalue weighted by atomic mass is 9.86. The standard InChI is InChI=1S/C29H31N7O/c30-29-27(15-26(32-33-29)25-5-1-2-6-28(25)37)35-17-22-7-8-23(18-35)36(22)21-9-10-31-20(14-21)4-3-11-34-16-19-12-24(34)13-19/h1-2,5-6,9-10,14-15,19,22-24,37H,7-8,11-13,16-18H2,(H2,30,33). The number of piperazine rings is 1. The smallest absolute Gasteiger partial charge is 0.169 e. The van der Waals surface area contributed by atoms with Crippen LogP contribution in [-0.4, -0.2) is 69.5 Å². The Bertz CT molecular complexity index is 1380. The van der Waals surface area contributed by atoms with Crippen LogP contribution >= 0.6 is 0 Å². The molecule has 0 amide bonds. The van der Waals surface area contributed by atoms with Crippen LogP contribution in [0.1, 0.15) is 31.4 Å². The van der Waals surface area contributed by atoms with Gasteiger partial charge in [0, 0.05) is 55.2 Å². The number of nitrogen functional groups attached to an aromatic ring is 1. The summed E-state index contributed by atoms with van der Waals surface area (Å²) in [6.07, 6.45) is 6.88. The summed E-state index contributed by atoms with van der Waals surface area (Å²) < 4.78 is 0. The van der Waals surface area contributed by atoms with Crippen molar-refractivity contribution in [2.45, 2.75) is 43.8 Å². The largest absolute Gasteiger partial charge is 0.507 e. The molecule has 1 aliphatic carbocycles. The zero-order chi connectivity index (χ0) is 24.9. The second-order valence-electron chi connectivity index (χ2n) is 10.8. The summed E-state index contributed by atoms with van der Waals surface area (Å²) in [5, 5.41) is 18.8. The third-order valence-electron chi connectivity index (χ3n) is 8.56. The third-order valence-corrected chi connectivity index (χ3v) is 8.56. The van der Waals surface area contributed by atoms with E-state index >= 15 is 0 Å². The Morgan fingerprint density at radius 1 is 0.973 bits per heavy atom. The van der Waals surface area contributed by atoms with E-state index in [9.17, 15) is 5.11 Å². The van der Waals surface area contributed by atoms with E-state index < -0.39 is 0 Å². The number of phenols is 1. The van der Waals surface area contributed by atoms with Gasteiger partial charge in [-0.3, -0.25) is 4.90 Å². The third kappa shape index (κ3) is 4.04. The molecular formula is C29H31N7O. The van der Waals surface area contributed by atoms with E-state index in [1.54, 1.807) is 12.1 Å². The molecule has 0 radical (unpaired) electrons. The number of hydrogen-bond acceptors (Lipinski definition) is 8. The molecule has 6 heterocycles. The number of fused-ring (bicyclic) bond motifs is 3. The molecule has 1 saturated carbocycles. The van der Waals surface area contributed by atoms with Crippen LogP contribution in [0.2, 0.25) is 0 Å². The Morgan fingerprint density at radius 2 is 1.78 bits per heavy atom. The molecule has 4 bridgehead atoms. The molecule has 1 aromatic carbocycles. The predicted molar refractivity (Wildman–Crippen MR) is 144 cm³/mol. The van der Waals surface area contributed by atoms with Crippen LogP contribution in [0.5, 0.6) is 5.75 Å². The van der Waals surface area contributed by atoms with Crippen molar-refractivity contribution in [3.05, 3.63) is 54.4 Å². The normalized spacial score (nSPS) is 26.1. The molecule has 2 unspecified atom stereocenters. The van der Waals surface area contributed by atoms with Gasteiger partial charge in [0.1, 0.15) is 11.4 Å². The van der Waals surface area contributed by atoms with Crippen LogP contribution in [0.15, 0.2) is 48.7 Å². The highest BCUT2D eigenvalue weighted by atomic mass is 16.3. The van der Waals surface area contributed by atoms with Gasteiger partial charge in [-0.2, -0.15) is 0 Å². The first kappa shape index (κ1) is 22.4. The van der Waals surface area contributed by atoms with Gasteiger partial charge in [-0.15, -0.1) is 10.2 Å². The molecule has 2 aromatic heterocycles. The van der Waals surface area contributed by atoms with Crippen LogP contribution < -0.4 is 15.5 Å². The van der Waals surface area contributed by atoms with E-state index in [1.807, 2.05) is 24.4 Å². The molecule has 8 rings (SSSR count). The predicted octanol–water partition coefficient (Wildman–Crippen LogP) is 3.13. The molecule has 37 heavy (non-hydrogen) atoms. The molecular weight excluding hydrogens is 462 g/mol. The van der Waals surface area contributed by atoms with Gasteiger partial charge in [0.05, 0.1) is 17.9 Å². The Kier molecular flexibility index (Phi) is 5.40. The van der Waals surface area contributed by atoms with E-state index in [1.165, 1.54) is 25.1 Å². The molecule has 5 aliphatic rings. The van der Waals surface area contributed by atoms with Crippen molar-refractivity contribution in [3.63, 3.8) is 0 Å². The number of anilines is 3. The summed E-state index contributed by atoms with van der Waals surface area (Å²) in [7, 11) is 0. The van der Waals surface area contributed by atoms with Crippen LogP contribution in [0.25, 0.3) is 11.3 Å². The number of aromatic nitrogens is 3. The zero-order valence-electron chi connectivity index (χ0n) is 20.8. The van der Waals surface area contributed by atoms with Crippen molar-refractivity contribution < 1.29 is 5.11 Å². The molecule has 4 aliphatic heterocycles. The van der Waals surface area contributed by atoms with E-state index in [4.69, 9.17) is 5.73 Å². The second-order valence-corrected chi connectivity index (χ2v) is 10.8. The zero-order valence-corrected chi connectivity index (χ0v) is 20.8. The summed E-state index contributed by atoms with van der Waals surface area (Å²) in [5.74, 6) is 8.21. The number of nitrogens with zero attached hydrogens (tertiary/aromatic N) is 6. The molecule has 5 fully saturated rings. The summed E-state index contributed by atoms with van der Waals surface area (Å²) in [5.41, 5.74) is 10.5. The maximum absolute atomic E-state index is 10.3. The highest BCUT2D eigenvalue weighted by Gasteiger charge is 2.42. The minimum Gasteiger partial charge on any atom is -0.507 e. The van der Waals surface area contributed by atoms with Gasteiger partial charge < -0.3 is 20.6 Å². The van der Waals surface area contributed by atoms with Gasteiger partial charge in [-0.05, 0) is 67.9 Å². The lowest BCUT2D eigenvalue weighted by Gasteiger charge is -2.43. The van der Waals surface area contributed by atoms with Crippen LogP contribution in [0, 0.1) is 17.8 Å². The molecule has 0 spiro atoms. The fraction of sp³-hybridized carbons (Fsp3) is 0.414. The second kappa shape index (κ2) is 8.93. The maximum atomic E-state index is 10.3. The number of nitrogens with two attached hydrogens (primary N) is 1. The van der Waals surface area contributed by atoms with E-state index in [0.717, 1.165) is 55.8 Å². The average molecular weight is 494 g/mol. The summed E-state index contributed by atoms with van der Waals surface area (Å²) in [4.78, 5) is 11.9. The number of rotatable bonds is 4. The van der Waals surface area contributed by atoms with Gasteiger partial charge in [0.2, 0.25) is 0 Å². The number of para-hydroxylation sites is 1. The molecule has 3 aromatic rings. The fourth-order valence-corrected chi connectivity index (χ4v) is 6.69. The van der Waals surface area contributed by atoms with Gasteiger partial charge >= 0.3 is 0 Å². The van der Waals surface area contributed by atoms with Crippen LogP contribution in [0.4, 0.5) is 17.2 Å². The van der Waals surface area contributed by atoms with Gasteiger partial charge in [-0.25, -0.2) is 4.98 Å². The van der Waals surface area contributed by atoms with Gasteiger partial charge in [-0.1, -0.05) is 18.1 Å². The maximum Gasteiger partial charge on any atom is 0.169 e. The van der Waals surface area contributed by atoms with Crippen molar-refractivity contribution in [1.82, 2.24) is 20.1 Å². The van der Waals surface area contributed by atoms with E-state index in [-0.39, 0.29) is 5.75 Å². The Morgan fingerprint density at radius 3 is 2.54 bits per heavy atom. The van der Waals surface area contributed by atoms with Crippen molar-refractivity contribution in [3.8, 4) is 28.8 Å². The van der Waals surface area contributed by atoms with Crippen molar-refractivity contribution in [1.29, 1.82) is 0 Å². The fourth-order valence-electron chi connectivity index (χ4n) is 6.69. The minimum atomic E-state index is 0.186. The Balaban J connectivity index is 1.09. The Labute approximate surface area is 217 Å². The van der Waals surface area contributed by atoms with E-state index in [2.05, 4.69) is 53.9 Å². The lowest BCUT2D eigenvalue weighted by molar-refractivity contribution is 0.268. The van der Waals surface area contributed by atoms with Gasteiger partial charge in [0.15, 0.2) is 5.82 Å². The first-order chi connectivity index (χ1) is 18.1.